The van der Waals surface area contributed by atoms with E-state index < -0.39 is 10.0 Å². The second kappa shape index (κ2) is 7.72. The van der Waals surface area contributed by atoms with Gasteiger partial charge in [0.05, 0.1) is 12.3 Å². The second-order valence-electron chi connectivity index (χ2n) is 6.37. The molecular formula is C15H28N4O3S. The van der Waals surface area contributed by atoms with Crippen LogP contribution in [-0.2, 0) is 16.4 Å². The Morgan fingerprint density at radius 2 is 2.17 bits per heavy atom. The molecule has 23 heavy (non-hydrogen) atoms. The molecule has 0 spiro atoms. The van der Waals surface area contributed by atoms with Crippen LogP contribution in [0.15, 0.2) is 4.52 Å². The molecule has 0 amide bonds. The first-order chi connectivity index (χ1) is 10.8. The maximum Gasteiger partial charge on any atom is 0.243 e. The molecule has 1 aliphatic rings. The number of aromatic nitrogens is 2. The van der Waals surface area contributed by atoms with Crippen LogP contribution >= 0.6 is 0 Å². The van der Waals surface area contributed by atoms with E-state index in [-0.39, 0.29) is 12.1 Å². The van der Waals surface area contributed by atoms with E-state index >= 15 is 0 Å². The van der Waals surface area contributed by atoms with Crippen molar-refractivity contribution in [3.05, 3.63) is 11.7 Å². The molecule has 0 radical (unpaired) electrons. The lowest BCUT2D eigenvalue weighted by Crippen LogP contribution is -2.51. The van der Waals surface area contributed by atoms with Crippen molar-refractivity contribution in [2.45, 2.75) is 58.5 Å². The van der Waals surface area contributed by atoms with Crippen LogP contribution in [-0.4, -0.2) is 48.3 Å². The molecule has 0 aromatic carbocycles. The normalized spacial score (nSPS) is 24.7. The molecule has 2 rings (SSSR count). The van der Waals surface area contributed by atoms with E-state index in [4.69, 9.17) is 4.52 Å². The Kier molecular flexibility index (Phi) is 6.16. The van der Waals surface area contributed by atoms with E-state index in [9.17, 15) is 8.42 Å². The van der Waals surface area contributed by atoms with Crippen molar-refractivity contribution in [3.8, 4) is 0 Å². The third kappa shape index (κ3) is 4.74. The first kappa shape index (κ1) is 18.4. The maximum absolute atomic E-state index is 11.7. The number of nitrogens with one attached hydrogen (secondary N) is 1. The fourth-order valence-electron chi connectivity index (χ4n) is 3.09. The highest BCUT2D eigenvalue weighted by Crippen LogP contribution is 2.24. The van der Waals surface area contributed by atoms with Crippen LogP contribution < -0.4 is 5.32 Å². The number of sulfonamides is 1. The Balaban J connectivity index is 1.98. The van der Waals surface area contributed by atoms with Gasteiger partial charge in [-0.25, -0.2) is 12.7 Å². The molecular weight excluding hydrogens is 316 g/mol. The van der Waals surface area contributed by atoms with Gasteiger partial charge < -0.3 is 9.84 Å². The van der Waals surface area contributed by atoms with Gasteiger partial charge in [-0.15, -0.1) is 0 Å². The maximum atomic E-state index is 11.7. The number of piperidine rings is 1. The van der Waals surface area contributed by atoms with Crippen LogP contribution in [0.4, 0.5) is 0 Å². The third-order valence-electron chi connectivity index (χ3n) is 4.48. The van der Waals surface area contributed by atoms with Gasteiger partial charge in [-0.05, 0) is 25.7 Å². The number of aryl methyl sites for hydroxylation is 1. The van der Waals surface area contributed by atoms with E-state index in [0.717, 1.165) is 31.5 Å². The lowest BCUT2D eigenvalue weighted by atomic mass is 9.90. The van der Waals surface area contributed by atoms with Crippen molar-refractivity contribution < 1.29 is 12.9 Å². The monoisotopic (exact) mass is 344 g/mol. The summed E-state index contributed by atoms with van der Waals surface area (Å²) in [6.07, 6.45) is 4.82. The minimum atomic E-state index is -3.11. The summed E-state index contributed by atoms with van der Waals surface area (Å²) in [5.41, 5.74) is 0. The van der Waals surface area contributed by atoms with Gasteiger partial charge in [0.15, 0.2) is 5.82 Å². The zero-order chi connectivity index (χ0) is 17.0. The highest BCUT2D eigenvalue weighted by Gasteiger charge is 2.33. The molecule has 1 N–H and O–H groups in total. The minimum Gasteiger partial charge on any atom is -0.338 e. The SMILES string of the molecule is CCCc1noc([C@H](C)N[C@H]2CCN(S(C)(=O)=O)C[C@H]2CC)n1. The highest BCUT2D eigenvalue weighted by atomic mass is 32.2. The fourth-order valence-corrected chi connectivity index (χ4v) is 3.99. The smallest absolute Gasteiger partial charge is 0.243 e. The van der Waals surface area contributed by atoms with Gasteiger partial charge in [0.1, 0.15) is 0 Å². The average molecular weight is 344 g/mol. The molecule has 7 nitrogen and oxygen atoms in total. The Morgan fingerprint density at radius 1 is 1.43 bits per heavy atom. The van der Waals surface area contributed by atoms with Crippen LogP contribution in [0.2, 0.25) is 0 Å². The lowest BCUT2D eigenvalue weighted by molar-refractivity contribution is 0.185. The third-order valence-corrected chi connectivity index (χ3v) is 5.75. The van der Waals surface area contributed by atoms with Crippen LogP contribution in [0.5, 0.6) is 0 Å². The Labute approximate surface area is 138 Å². The van der Waals surface area contributed by atoms with Crippen molar-refractivity contribution in [2.75, 3.05) is 19.3 Å². The van der Waals surface area contributed by atoms with E-state index in [1.165, 1.54) is 6.26 Å². The molecule has 1 aromatic rings. The number of rotatable bonds is 7. The summed E-state index contributed by atoms with van der Waals surface area (Å²) in [7, 11) is -3.11. The zero-order valence-electron chi connectivity index (χ0n) is 14.4. The van der Waals surface area contributed by atoms with Crippen molar-refractivity contribution >= 4 is 10.0 Å². The zero-order valence-corrected chi connectivity index (χ0v) is 15.3. The first-order valence-corrected chi connectivity index (χ1v) is 10.2. The predicted molar refractivity (Wildman–Crippen MR) is 88.4 cm³/mol. The molecule has 1 saturated heterocycles. The molecule has 1 aromatic heterocycles. The lowest BCUT2D eigenvalue weighted by Gasteiger charge is -2.38. The number of nitrogens with zero attached hydrogens (tertiary/aromatic N) is 3. The van der Waals surface area contributed by atoms with E-state index in [1.807, 2.05) is 6.92 Å². The van der Waals surface area contributed by atoms with Crippen molar-refractivity contribution in [1.82, 2.24) is 19.8 Å². The van der Waals surface area contributed by atoms with Gasteiger partial charge >= 0.3 is 0 Å². The summed E-state index contributed by atoms with van der Waals surface area (Å²) >= 11 is 0. The van der Waals surface area contributed by atoms with Crippen molar-refractivity contribution in [2.24, 2.45) is 5.92 Å². The number of hydrogen-bond acceptors (Lipinski definition) is 6. The highest BCUT2D eigenvalue weighted by molar-refractivity contribution is 7.88. The van der Waals surface area contributed by atoms with Crippen molar-refractivity contribution in [1.29, 1.82) is 0 Å². The van der Waals surface area contributed by atoms with Gasteiger partial charge in [0.2, 0.25) is 15.9 Å². The Hall–Kier alpha value is -0.990. The van der Waals surface area contributed by atoms with Gasteiger partial charge in [0.25, 0.3) is 0 Å². The standard InChI is InChI=1S/C15H28N4O3S/c1-5-7-14-17-15(22-18-14)11(3)16-13-8-9-19(23(4,20)21)10-12(13)6-2/h11-13,16H,5-10H2,1-4H3/t11-,12+,13-/m0/s1. The molecule has 0 saturated carbocycles. The van der Waals surface area contributed by atoms with E-state index in [2.05, 4.69) is 29.3 Å². The topological polar surface area (TPSA) is 88.3 Å². The minimum absolute atomic E-state index is 0.0306. The predicted octanol–water partition coefficient (Wildman–Crippen LogP) is 1.73. The van der Waals surface area contributed by atoms with E-state index in [0.29, 0.717) is 24.9 Å². The van der Waals surface area contributed by atoms with Gasteiger partial charge in [-0.3, -0.25) is 0 Å². The largest absolute Gasteiger partial charge is 0.338 e. The summed E-state index contributed by atoms with van der Waals surface area (Å²) in [5, 5.41) is 7.54. The van der Waals surface area contributed by atoms with Crippen LogP contribution in [0.3, 0.4) is 0 Å². The molecule has 0 bridgehead atoms. The second-order valence-corrected chi connectivity index (χ2v) is 8.35. The summed E-state index contributed by atoms with van der Waals surface area (Å²) < 4.78 is 30.4. The van der Waals surface area contributed by atoms with Gasteiger partial charge in [-0.2, -0.15) is 4.98 Å². The molecule has 1 fully saturated rings. The number of hydrogen-bond donors (Lipinski definition) is 1. The van der Waals surface area contributed by atoms with Gasteiger partial charge in [0, 0.05) is 25.6 Å². The van der Waals surface area contributed by atoms with Crippen LogP contribution in [0.1, 0.15) is 57.8 Å². The molecule has 0 aliphatic carbocycles. The van der Waals surface area contributed by atoms with E-state index in [1.54, 1.807) is 4.31 Å². The Morgan fingerprint density at radius 3 is 2.78 bits per heavy atom. The molecule has 8 heteroatoms. The molecule has 2 heterocycles. The average Bonchev–Trinajstić information content (AvgIpc) is 2.95. The summed E-state index contributed by atoms with van der Waals surface area (Å²) in [6, 6.07) is 0.228. The van der Waals surface area contributed by atoms with Gasteiger partial charge in [-0.1, -0.05) is 25.4 Å². The molecule has 1 aliphatic heterocycles. The quantitative estimate of drug-likeness (QED) is 0.810. The molecule has 3 atom stereocenters. The van der Waals surface area contributed by atoms with Crippen molar-refractivity contribution in [3.63, 3.8) is 0 Å². The van der Waals surface area contributed by atoms with Crippen LogP contribution in [0, 0.1) is 5.92 Å². The molecule has 132 valence electrons. The fraction of sp³-hybridized carbons (Fsp3) is 0.867. The van der Waals surface area contributed by atoms with Crippen LogP contribution in [0.25, 0.3) is 0 Å². The molecule has 0 unspecified atom stereocenters. The first-order valence-electron chi connectivity index (χ1n) is 8.38. The summed E-state index contributed by atoms with van der Waals surface area (Å²) in [4.78, 5) is 4.42. The summed E-state index contributed by atoms with van der Waals surface area (Å²) in [5.74, 6) is 1.64. The summed E-state index contributed by atoms with van der Waals surface area (Å²) in [6.45, 7) is 7.33. The Bertz CT molecular complexity index is 602.